The van der Waals surface area contributed by atoms with Crippen molar-refractivity contribution >= 4 is 20.2 Å². The quantitative estimate of drug-likeness (QED) is 0.670. The molecule has 0 rings (SSSR count). The first kappa shape index (κ1) is 13.8. The van der Waals surface area contributed by atoms with Gasteiger partial charge in [0.25, 0.3) is 20.2 Å². The van der Waals surface area contributed by atoms with Gasteiger partial charge in [-0.2, -0.15) is 16.8 Å². The molecule has 86 valence electrons. The molecule has 0 fully saturated rings. The summed E-state index contributed by atoms with van der Waals surface area (Å²) < 4.78 is 59.0. The molecule has 0 spiro atoms. The summed E-state index contributed by atoms with van der Waals surface area (Å²) in [5.41, 5.74) is 0. The molecule has 0 aliphatic carbocycles. The zero-order chi connectivity index (χ0) is 11.6. The van der Waals surface area contributed by atoms with Gasteiger partial charge in [-0.05, 0) is 19.3 Å². The van der Waals surface area contributed by atoms with Crippen LogP contribution >= 0.6 is 0 Å². The molecule has 0 radical (unpaired) electrons. The summed E-state index contributed by atoms with van der Waals surface area (Å²) in [4.78, 5) is 0. The van der Waals surface area contributed by atoms with Crippen LogP contribution in [0, 0.1) is 5.92 Å². The molecule has 2 atom stereocenters. The molecule has 0 bridgehead atoms. The van der Waals surface area contributed by atoms with Crippen molar-refractivity contribution in [3.8, 4) is 0 Å². The van der Waals surface area contributed by atoms with E-state index in [0.29, 0.717) is 0 Å². The van der Waals surface area contributed by atoms with E-state index >= 15 is 0 Å². The summed E-state index contributed by atoms with van der Waals surface area (Å²) in [5.74, 6) is -1.04. The maximum absolute atomic E-state index is 10.6. The van der Waals surface area contributed by atoms with Crippen LogP contribution in [0.2, 0.25) is 0 Å². The molecule has 8 heteroatoms. The number of rotatable bonds is 5. The standard InChI is InChI=1S/C6H14O6S2/c1-5(3-4-13(7,8)9)6(2)14(10,11)12/h5-6H,3-4H2,1-2H3,(H,7,8,9)(H,10,11,12). The smallest absolute Gasteiger partial charge is 0.267 e. The fourth-order valence-electron chi connectivity index (χ4n) is 0.863. The number of hydrogen-bond acceptors (Lipinski definition) is 4. The average molecular weight is 246 g/mol. The molecule has 0 amide bonds. The molecule has 0 aliphatic rings. The zero-order valence-corrected chi connectivity index (χ0v) is 9.55. The van der Waals surface area contributed by atoms with Crippen LogP contribution in [0.3, 0.4) is 0 Å². The van der Waals surface area contributed by atoms with Gasteiger partial charge in [0.15, 0.2) is 0 Å². The van der Waals surface area contributed by atoms with Gasteiger partial charge < -0.3 is 0 Å². The van der Waals surface area contributed by atoms with Crippen molar-refractivity contribution in [1.82, 2.24) is 0 Å². The Morgan fingerprint density at radius 2 is 1.50 bits per heavy atom. The average Bonchev–Trinajstić information content (AvgIpc) is 1.95. The molecule has 0 aromatic heterocycles. The fraction of sp³-hybridized carbons (Fsp3) is 1.00. The SMILES string of the molecule is CC(CCS(=O)(=O)O)C(C)S(=O)(=O)O. The highest BCUT2D eigenvalue weighted by atomic mass is 32.2. The van der Waals surface area contributed by atoms with Gasteiger partial charge in [0.2, 0.25) is 0 Å². The Kier molecular flexibility index (Phi) is 4.50. The Morgan fingerprint density at radius 1 is 1.07 bits per heavy atom. The van der Waals surface area contributed by atoms with Crippen molar-refractivity contribution < 1.29 is 25.9 Å². The molecule has 0 aromatic rings. The Bertz CT molecular complexity index is 367. The molecule has 0 aromatic carbocycles. The minimum Gasteiger partial charge on any atom is -0.286 e. The third kappa shape index (κ3) is 5.53. The van der Waals surface area contributed by atoms with Crippen molar-refractivity contribution in [3.63, 3.8) is 0 Å². The van der Waals surface area contributed by atoms with E-state index in [9.17, 15) is 16.8 Å². The van der Waals surface area contributed by atoms with E-state index in [4.69, 9.17) is 9.11 Å². The molecule has 0 heterocycles. The predicted molar refractivity (Wildman–Crippen MR) is 51.2 cm³/mol. The Hall–Kier alpha value is -0.180. The lowest BCUT2D eigenvalue weighted by molar-refractivity contribution is 0.428. The minimum atomic E-state index is -4.15. The Morgan fingerprint density at radius 3 is 1.79 bits per heavy atom. The second kappa shape index (κ2) is 4.56. The van der Waals surface area contributed by atoms with Gasteiger partial charge in [0.1, 0.15) is 0 Å². The summed E-state index contributed by atoms with van der Waals surface area (Å²) >= 11 is 0. The van der Waals surface area contributed by atoms with Gasteiger partial charge in [-0.15, -0.1) is 0 Å². The third-order valence-corrected chi connectivity index (χ3v) is 4.26. The van der Waals surface area contributed by atoms with Gasteiger partial charge in [-0.1, -0.05) is 6.92 Å². The summed E-state index contributed by atoms with van der Waals surface area (Å²) in [6, 6.07) is 0. The number of hydrogen-bond donors (Lipinski definition) is 2. The molecular formula is C6H14O6S2. The fourth-order valence-corrected chi connectivity index (χ4v) is 2.26. The molecular weight excluding hydrogens is 232 g/mol. The van der Waals surface area contributed by atoms with E-state index < -0.39 is 37.2 Å². The lowest BCUT2D eigenvalue weighted by Gasteiger charge is -2.15. The summed E-state index contributed by atoms with van der Waals surface area (Å²) in [6.45, 7) is 2.77. The highest BCUT2D eigenvalue weighted by molar-refractivity contribution is 7.86. The normalized spacial score (nSPS) is 17.7. The predicted octanol–water partition coefficient (Wildman–Crippen LogP) is 0.177. The van der Waals surface area contributed by atoms with Crippen LogP contribution in [0.5, 0.6) is 0 Å². The lowest BCUT2D eigenvalue weighted by Crippen LogP contribution is -2.26. The van der Waals surface area contributed by atoms with E-state index in [1.54, 1.807) is 0 Å². The van der Waals surface area contributed by atoms with E-state index in [1.165, 1.54) is 13.8 Å². The minimum absolute atomic E-state index is 0.0141. The van der Waals surface area contributed by atoms with Crippen molar-refractivity contribution in [3.05, 3.63) is 0 Å². The van der Waals surface area contributed by atoms with E-state index in [0.717, 1.165) is 0 Å². The van der Waals surface area contributed by atoms with Crippen LogP contribution in [0.25, 0.3) is 0 Å². The Balaban J connectivity index is 4.31. The zero-order valence-electron chi connectivity index (χ0n) is 7.91. The van der Waals surface area contributed by atoms with Crippen molar-refractivity contribution in [2.45, 2.75) is 25.5 Å². The van der Waals surface area contributed by atoms with E-state index in [2.05, 4.69) is 0 Å². The highest BCUT2D eigenvalue weighted by Crippen LogP contribution is 2.15. The van der Waals surface area contributed by atoms with Crippen molar-refractivity contribution in [2.24, 2.45) is 5.92 Å². The summed E-state index contributed by atoms with van der Waals surface area (Å²) in [7, 11) is -8.22. The summed E-state index contributed by atoms with van der Waals surface area (Å²) in [6.07, 6.45) is -0.0141. The van der Waals surface area contributed by atoms with E-state index in [-0.39, 0.29) is 6.42 Å². The lowest BCUT2D eigenvalue weighted by atomic mass is 10.1. The van der Waals surface area contributed by atoms with Crippen LogP contribution in [-0.2, 0) is 20.2 Å². The van der Waals surface area contributed by atoms with Crippen LogP contribution in [0.15, 0.2) is 0 Å². The molecule has 14 heavy (non-hydrogen) atoms. The van der Waals surface area contributed by atoms with Gasteiger partial charge in [0.05, 0.1) is 11.0 Å². The largest absolute Gasteiger partial charge is 0.286 e. The monoisotopic (exact) mass is 246 g/mol. The first-order valence-electron chi connectivity index (χ1n) is 3.95. The molecule has 0 aliphatic heterocycles. The van der Waals surface area contributed by atoms with Crippen molar-refractivity contribution in [2.75, 3.05) is 5.75 Å². The molecule has 2 unspecified atom stereocenters. The summed E-state index contributed by atoms with van der Waals surface area (Å²) in [5, 5.41) is -1.04. The van der Waals surface area contributed by atoms with Gasteiger partial charge >= 0.3 is 0 Å². The highest BCUT2D eigenvalue weighted by Gasteiger charge is 2.25. The second-order valence-corrected chi connectivity index (χ2v) is 6.62. The van der Waals surface area contributed by atoms with Gasteiger partial charge in [0, 0.05) is 0 Å². The first-order chi connectivity index (χ1) is 6.04. The van der Waals surface area contributed by atoms with Crippen LogP contribution < -0.4 is 0 Å². The Labute approximate surface area is 83.8 Å². The van der Waals surface area contributed by atoms with Gasteiger partial charge in [-0.3, -0.25) is 9.11 Å². The molecule has 0 saturated heterocycles. The van der Waals surface area contributed by atoms with Crippen LogP contribution in [0.1, 0.15) is 20.3 Å². The maximum atomic E-state index is 10.6. The first-order valence-corrected chi connectivity index (χ1v) is 7.06. The van der Waals surface area contributed by atoms with Crippen molar-refractivity contribution in [1.29, 1.82) is 0 Å². The van der Waals surface area contributed by atoms with E-state index in [1.807, 2.05) is 0 Å². The molecule has 6 nitrogen and oxygen atoms in total. The topological polar surface area (TPSA) is 109 Å². The second-order valence-electron chi connectivity index (χ2n) is 3.27. The van der Waals surface area contributed by atoms with Gasteiger partial charge in [-0.25, -0.2) is 0 Å². The van der Waals surface area contributed by atoms with Crippen LogP contribution in [-0.4, -0.2) is 36.9 Å². The molecule has 0 saturated carbocycles. The maximum Gasteiger partial charge on any atom is 0.267 e. The van der Waals surface area contributed by atoms with Crippen LogP contribution in [0.4, 0.5) is 0 Å². The third-order valence-electron chi connectivity index (χ3n) is 2.10. The molecule has 2 N–H and O–H groups in total.